The molecule has 0 aromatic rings. The minimum absolute atomic E-state index is 0. The van der Waals surface area contributed by atoms with Gasteiger partial charge in [-0.2, -0.15) is 0 Å². The summed E-state index contributed by atoms with van der Waals surface area (Å²) in [6, 6.07) is 0. The fourth-order valence-corrected chi connectivity index (χ4v) is 1.63. The van der Waals surface area contributed by atoms with Gasteiger partial charge in [-0.15, -0.1) is 24.8 Å². The molecule has 1 aliphatic heterocycles. The minimum Gasteiger partial charge on any atom is -0.316 e. The van der Waals surface area contributed by atoms with E-state index in [2.05, 4.69) is 5.32 Å². The molecular weight excluding hydrogens is 169 g/mol. The van der Waals surface area contributed by atoms with Gasteiger partial charge in [0.15, 0.2) is 0 Å². The van der Waals surface area contributed by atoms with E-state index in [1.807, 2.05) is 0 Å². The average Bonchev–Trinajstić information content (AvgIpc) is 2.52. The van der Waals surface area contributed by atoms with Crippen LogP contribution in [0.1, 0.15) is 25.7 Å². The molecule has 1 nitrogen and oxygen atoms in total. The Balaban J connectivity index is 0.000000405. The standard InChI is InChI=1S/C7H13N.2ClH/c1-2-7(3-4-7)6-8-5-1;;/h8H,1-6H2;2*1H. The van der Waals surface area contributed by atoms with Crippen LogP contribution >= 0.6 is 24.8 Å². The minimum atomic E-state index is 0. The summed E-state index contributed by atoms with van der Waals surface area (Å²) in [6.07, 6.45) is 5.92. The number of hydrogen-bond donors (Lipinski definition) is 1. The topological polar surface area (TPSA) is 12.0 Å². The van der Waals surface area contributed by atoms with Gasteiger partial charge in [-0.05, 0) is 37.6 Å². The van der Waals surface area contributed by atoms with E-state index in [-0.39, 0.29) is 24.8 Å². The molecule has 10 heavy (non-hydrogen) atoms. The van der Waals surface area contributed by atoms with Crippen LogP contribution in [0.5, 0.6) is 0 Å². The number of nitrogens with one attached hydrogen (secondary N) is 1. The van der Waals surface area contributed by atoms with Crippen LogP contribution in [0.2, 0.25) is 0 Å². The Bertz CT molecular complexity index is 93.8. The molecule has 1 saturated carbocycles. The van der Waals surface area contributed by atoms with Crippen molar-refractivity contribution < 1.29 is 0 Å². The van der Waals surface area contributed by atoms with E-state index in [0.717, 1.165) is 5.41 Å². The lowest BCUT2D eigenvalue weighted by Gasteiger charge is -2.21. The lowest BCUT2D eigenvalue weighted by molar-refractivity contribution is 0.358. The van der Waals surface area contributed by atoms with Crippen LogP contribution in [0, 0.1) is 5.41 Å². The van der Waals surface area contributed by atoms with Crippen LogP contribution in [-0.4, -0.2) is 13.1 Å². The first kappa shape index (κ1) is 10.5. The molecule has 2 rings (SSSR count). The van der Waals surface area contributed by atoms with Gasteiger partial charge in [-0.1, -0.05) is 0 Å². The highest BCUT2D eigenvalue weighted by Gasteiger charge is 2.42. The summed E-state index contributed by atoms with van der Waals surface area (Å²) >= 11 is 0. The molecule has 0 bridgehead atoms. The molecule has 0 aromatic carbocycles. The van der Waals surface area contributed by atoms with E-state index in [0.29, 0.717) is 0 Å². The summed E-state index contributed by atoms with van der Waals surface area (Å²) in [4.78, 5) is 0. The van der Waals surface area contributed by atoms with Crippen LogP contribution in [0.25, 0.3) is 0 Å². The van der Waals surface area contributed by atoms with Gasteiger partial charge in [-0.3, -0.25) is 0 Å². The van der Waals surface area contributed by atoms with Gasteiger partial charge in [-0.25, -0.2) is 0 Å². The quantitative estimate of drug-likeness (QED) is 0.607. The maximum absolute atomic E-state index is 3.44. The molecule has 1 N–H and O–H groups in total. The Morgan fingerprint density at radius 1 is 1.00 bits per heavy atom. The molecule has 0 radical (unpaired) electrons. The largest absolute Gasteiger partial charge is 0.316 e. The Hall–Kier alpha value is 0.540. The van der Waals surface area contributed by atoms with Gasteiger partial charge in [0.2, 0.25) is 0 Å². The van der Waals surface area contributed by atoms with Crippen molar-refractivity contribution in [1.82, 2.24) is 5.32 Å². The smallest absolute Gasteiger partial charge is 0.000782 e. The Kier molecular flexibility index (Phi) is 4.00. The first-order chi connectivity index (χ1) is 3.91. The SMILES string of the molecule is C1CNCC2(C1)CC2.Cl.Cl. The van der Waals surface area contributed by atoms with Gasteiger partial charge < -0.3 is 5.32 Å². The zero-order valence-corrected chi connectivity index (χ0v) is 7.69. The van der Waals surface area contributed by atoms with E-state index in [1.54, 1.807) is 0 Å². The zero-order chi connectivity index (χ0) is 5.45. The number of halogens is 2. The average molecular weight is 184 g/mol. The van der Waals surface area contributed by atoms with Crippen molar-refractivity contribution in [3.8, 4) is 0 Å². The second-order valence-corrected chi connectivity index (χ2v) is 3.28. The Morgan fingerprint density at radius 2 is 1.70 bits per heavy atom. The fourth-order valence-electron chi connectivity index (χ4n) is 1.63. The van der Waals surface area contributed by atoms with E-state index in [4.69, 9.17) is 0 Å². The first-order valence-electron chi connectivity index (χ1n) is 3.62. The summed E-state index contributed by atoms with van der Waals surface area (Å²) < 4.78 is 0. The van der Waals surface area contributed by atoms with Crippen LogP contribution < -0.4 is 5.32 Å². The van der Waals surface area contributed by atoms with Crippen molar-refractivity contribution in [2.75, 3.05) is 13.1 Å². The zero-order valence-electron chi connectivity index (χ0n) is 6.06. The molecule has 2 fully saturated rings. The van der Waals surface area contributed by atoms with Crippen LogP contribution in [0.3, 0.4) is 0 Å². The molecule has 62 valence electrons. The molecule has 0 atom stereocenters. The third kappa shape index (κ3) is 2.01. The van der Waals surface area contributed by atoms with Crippen LogP contribution in [-0.2, 0) is 0 Å². The third-order valence-corrected chi connectivity index (χ3v) is 2.52. The maximum Gasteiger partial charge on any atom is 0.000782 e. The van der Waals surface area contributed by atoms with Crippen LogP contribution in [0.15, 0.2) is 0 Å². The van der Waals surface area contributed by atoms with Crippen molar-refractivity contribution in [3.05, 3.63) is 0 Å². The first-order valence-corrected chi connectivity index (χ1v) is 3.62. The Labute approximate surface area is 74.8 Å². The number of hydrogen-bond acceptors (Lipinski definition) is 1. The molecule has 0 amide bonds. The molecule has 1 aliphatic carbocycles. The number of rotatable bonds is 0. The Morgan fingerprint density at radius 3 is 2.00 bits per heavy atom. The highest BCUT2D eigenvalue weighted by atomic mass is 35.5. The lowest BCUT2D eigenvalue weighted by Crippen LogP contribution is -2.30. The predicted molar refractivity (Wildman–Crippen MR) is 48.3 cm³/mol. The summed E-state index contributed by atoms with van der Waals surface area (Å²) in [5.74, 6) is 0. The van der Waals surface area contributed by atoms with Gasteiger partial charge in [0.1, 0.15) is 0 Å². The highest BCUT2D eigenvalue weighted by molar-refractivity contribution is 5.85. The predicted octanol–water partition coefficient (Wildman–Crippen LogP) is 1.99. The molecule has 0 aromatic heterocycles. The highest BCUT2D eigenvalue weighted by Crippen LogP contribution is 2.49. The van der Waals surface area contributed by atoms with Crippen molar-refractivity contribution in [1.29, 1.82) is 0 Å². The van der Waals surface area contributed by atoms with Gasteiger partial charge in [0.05, 0.1) is 0 Å². The molecule has 3 heteroatoms. The second kappa shape index (κ2) is 3.80. The molecule has 1 spiro atoms. The second-order valence-electron chi connectivity index (χ2n) is 3.28. The lowest BCUT2D eigenvalue weighted by atomic mass is 9.97. The molecule has 1 saturated heterocycles. The summed E-state index contributed by atoms with van der Waals surface area (Å²) in [5, 5.41) is 3.44. The molecule has 0 unspecified atom stereocenters. The van der Waals surface area contributed by atoms with Crippen molar-refractivity contribution in [2.45, 2.75) is 25.7 Å². The summed E-state index contributed by atoms with van der Waals surface area (Å²) in [6.45, 7) is 2.58. The van der Waals surface area contributed by atoms with Crippen molar-refractivity contribution in [2.24, 2.45) is 5.41 Å². The molecular formula is C7H15Cl2N. The van der Waals surface area contributed by atoms with Crippen molar-refractivity contribution in [3.63, 3.8) is 0 Å². The van der Waals surface area contributed by atoms with E-state index >= 15 is 0 Å². The molecule has 1 heterocycles. The fraction of sp³-hybridized carbons (Fsp3) is 1.00. The van der Waals surface area contributed by atoms with Crippen molar-refractivity contribution >= 4 is 24.8 Å². The monoisotopic (exact) mass is 183 g/mol. The summed E-state index contributed by atoms with van der Waals surface area (Å²) in [5.41, 5.74) is 0.818. The number of piperidine rings is 1. The normalized spacial score (nSPS) is 26.4. The van der Waals surface area contributed by atoms with E-state index in [1.165, 1.54) is 38.8 Å². The summed E-state index contributed by atoms with van der Waals surface area (Å²) in [7, 11) is 0. The van der Waals surface area contributed by atoms with Crippen LogP contribution in [0.4, 0.5) is 0 Å². The van der Waals surface area contributed by atoms with Gasteiger partial charge >= 0.3 is 0 Å². The van der Waals surface area contributed by atoms with E-state index < -0.39 is 0 Å². The third-order valence-electron chi connectivity index (χ3n) is 2.52. The van der Waals surface area contributed by atoms with Gasteiger partial charge in [0, 0.05) is 6.54 Å². The van der Waals surface area contributed by atoms with E-state index in [9.17, 15) is 0 Å². The molecule has 2 aliphatic rings. The van der Waals surface area contributed by atoms with Gasteiger partial charge in [0.25, 0.3) is 0 Å². The maximum atomic E-state index is 3.44.